The Balaban J connectivity index is 1.98. The molecular formula is C21H21N3O3. The Morgan fingerprint density at radius 1 is 1.15 bits per heavy atom. The monoisotopic (exact) mass is 363 g/mol. The fraction of sp³-hybridized carbons (Fsp3) is 0.238. The SMILES string of the molecule is CCN1Cc2nc3c(-c4ccc(OC)cc4OC)cccc3c(N)c2C1=O. The van der Waals surface area contributed by atoms with Gasteiger partial charge < -0.3 is 20.1 Å². The molecule has 2 N–H and O–H groups in total. The van der Waals surface area contributed by atoms with Gasteiger partial charge in [0.25, 0.3) is 5.91 Å². The highest BCUT2D eigenvalue weighted by atomic mass is 16.5. The maximum Gasteiger partial charge on any atom is 0.258 e. The molecule has 0 aliphatic carbocycles. The van der Waals surface area contributed by atoms with E-state index in [0.29, 0.717) is 35.8 Å². The number of nitrogens with two attached hydrogens (primary N) is 1. The third-order valence-corrected chi connectivity index (χ3v) is 5.05. The van der Waals surface area contributed by atoms with Crippen LogP contribution in [-0.4, -0.2) is 36.6 Å². The standard InChI is InChI=1S/C21H21N3O3/c1-4-24-11-16-18(21(24)25)19(22)15-7-5-6-14(20(15)23-16)13-9-8-12(26-2)10-17(13)27-3/h5-10H,4,11H2,1-3H3,(H2,22,23). The second-order valence-electron chi connectivity index (χ2n) is 6.43. The van der Waals surface area contributed by atoms with Crippen molar-refractivity contribution in [3.05, 3.63) is 47.7 Å². The molecule has 1 amide bonds. The molecule has 0 fully saturated rings. The number of anilines is 1. The van der Waals surface area contributed by atoms with Crippen LogP contribution in [-0.2, 0) is 6.54 Å². The Kier molecular flexibility index (Phi) is 4.11. The third-order valence-electron chi connectivity index (χ3n) is 5.05. The minimum absolute atomic E-state index is 0.0492. The van der Waals surface area contributed by atoms with E-state index in [-0.39, 0.29) is 5.91 Å². The molecule has 0 saturated heterocycles. The largest absolute Gasteiger partial charge is 0.497 e. The van der Waals surface area contributed by atoms with Crippen LogP contribution in [0.3, 0.4) is 0 Å². The van der Waals surface area contributed by atoms with E-state index in [1.165, 1.54) is 0 Å². The van der Waals surface area contributed by atoms with Gasteiger partial charge in [-0.2, -0.15) is 0 Å². The van der Waals surface area contributed by atoms with Crippen molar-refractivity contribution in [3.63, 3.8) is 0 Å². The van der Waals surface area contributed by atoms with Crippen LogP contribution in [0.4, 0.5) is 5.69 Å². The van der Waals surface area contributed by atoms with Crippen molar-refractivity contribution in [2.45, 2.75) is 13.5 Å². The number of hydrogen-bond donors (Lipinski definition) is 1. The zero-order valence-electron chi connectivity index (χ0n) is 15.6. The molecule has 6 nitrogen and oxygen atoms in total. The van der Waals surface area contributed by atoms with Crippen molar-refractivity contribution in [2.75, 3.05) is 26.5 Å². The maximum absolute atomic E-state index is 12.6. The predicted molar refractivity (Wildman–Crippen MR) is 105 cm³/mol. The van der Waals surface area contributed by atoms with Gasteiger partial charge in [-0.1, -0.05) is 18.2 Å². The highest BCUT2D eigenvalue weighted by molar-refractivity contribution is 6.11. The van der Waals surface area contributed by atoms with E-state index in [1.54, 1.807) is 19.1 Å². The summed E-state index contributed by atoms with van der Waals surface area (Å²) in [7, 11) is 3.25. The van der Waals surface area contributed by atoms with E-state index >= 15 is 0 Å². The van der Waals surface area contributed by atoms with Gasteiger partial charge in [-0.05, 0) is 19.1 Å². The summed E-state index contributed by atoms with van der Waals surface area (Å²) in [4.78, 5) is 19.2. The molecule has 27 heavy (non-hydrogen) atoms. The summed E-state index contributed by atoms with van der Waals surface area (Å²) in [6, 6.07) is 11.5. The first-order chi connectivity index (χ1) is 13.1. The van der Waals surface area contributed by atoms with Crippen molar-refractivity contribution in [2.24, 2.45) is 0 Å². The van der Waals surface area contributed by atoms with Gasteiger partial charge in [-0.15, -0.1) is 0 Å². The summed E-state index contributed by atoms with van der Waals surface area (Å²) in [5, 5.41) is 0.774. The third kappa shape index (κ3) is 2.56. The van der Waals surface area contributed by atoms with Gasteiger partial charge in [-0.3, -0.25) is 4.79 Å². The minimum atomic E-state index is -0.0492. The smallest absolute Gasteiger partial charge is 0.258 e. The first-order valence-corrected chi connectivity index (χ1v) is 8.81. The molecule has 2 aromatic carbocycles. The molecule has 0 saturated carbocycles. The molecule has 0 radical (unpaired) electrons. The molecule has 0 unspecified atom stereocenters. The number of fused-ring (bicyclic) bond motifs is 2. The summed E-state index contributed by atoms with van der Waals surface area (Å²) < 4.78 is 10.9. The lowest BCUT2D eigenvalue weighted by Crippen LogP contribution is -2.23. The van der Waals surface area contributed by atoms with E-state index in [4.69, 9.17) is 20.2 Å². The highest BCUT2D eigenvalue weighted by Crippen LogP contribution is 2.40. The molecule has 0 bridgehead atoms. The van der Waals surface area contributed by atoms with Crippen LogP contribution in [0, 0.1) is 0 Å². The molecule has 1 aliphatic heterocycles. The van der Waals surface area contributed by atoms with Crippen molar-refractivity contribution in [1.82, 2.24) is 9.88 Å². The Bertz CT molecular complexity index is 1060. The van der Waals surface area contributed by atoms with Gasteiger partial charge in [0.15, 0.2) is 0 Å². The number of amides is 1. The Labute approximate surface area is 157 Å². The number of para-hydroxylation sites is 1. The zero-order valence-corrected chi connectivity index (χ0v) is 15.6. The topological polar surface area (TPSA) is 77.7 Å². The summed E-state index contributed by atoms with van der Waals surface area (Å²) >= 11 is 0. The lowest BCUT2D eigenvalue weighted by molar-refractivity contribution is 0.0787. The zero-order chi connectivity index (χ0) is 19.1. The molecule has 0 spiro atoms. The number of nitrogens with zero attached hydrogens (tertiary/aromatic N) is 2. The quantitative estimate of drug-likeness (QED) is 0.768. The summed E-state index contributed by atoms with van der Waals surface area (Å²) in [5.41, 5.74) is 10.7. The average Bonchev–Trinajstić information content (AvgIpc) is 3.03. The number of carbonyl (C=O) groups excluding carboxylic acids is 1. The molecule has 1 aliphatic rings. The van der Waals surface area contributed by atoms with Gasteiger partial charge in [0.1, 0.15) is 11.5 Å². The normalized spacial score (nSPS) is 13.1. The van der Waals surface area contributed by atoms with E-state index in [2.05, 4.69) is 0 Å². The number of carbonyl (C=O) groups is 1. The number of rotatable bonds is 4. The van der Waals surface area contributed by atoms with Gasteiger partial charge in [-0.25, -0.2) is 4.98 Å². The van der Waals surface area contributed by atoms with Crippen LogP contribution in [0.25, 0.3) is 22.0 Å². The number of pyridine rings is 1. The lowest BCUT2D eigenvalue weighted by atomic mass is 9.98. The van der Waals surface area contributed by atoms with Gasteiger partial charge in [0.2, 0.25) is 0 Å². The lowest BCUT2D eigenvalue weighted by Gasteiger charge is -2.14. The Hall–Kier alpha value is -3.28. The van der Waals surface area contributed by atoms with Gasteiger partial charge in [0, 0.05) is 29.1 Å². The minimum Gasteiger partial charge on any atom is -0.497 e. The molecule has 4 rings (SSSR count). The maximum atomic E-state index is 12.6. The summed E-state index contributed by atoms with van der Waals surface area (Å²) in [6.07, 6.45) is 0. The van der Waals surface area contributed by atoms with E-state index < -0.39 is 0 Å². The van der Waals surface area contributed by atoms with Gasteiger partial charge >= 0.3 is 0 Å². The van der Waals surface area contributed by atoms with Crippen molar-refractivity contribution >= 4 is 22.5 Å². The number of hydrogen-bond acceptors (Lipinski definition) is 5. The highest BCUT2D eigenvalue weighted by Gasteiger charge is 2.31. The van der Waals surface area contributed by atoms with Crippen LogP contribution in [0.15, 0.2) is 36.4 Å². The number of methoxy groups -OCH3 is 2. The molecule has 2 heterocycles. The van der Waals surface area contributed by atoms with Crippen LogP contribution in [0.1, 0.15) is 23.0 Å². The van der Waals surface area contributed by atoms with Crippen molar-refractivity contribution in [3.8, 4) is 22.6 Å². The number of ether oxygens (including phenoxy) is 2. The number of benzene rings is 2. The Morgan fingerprint density at radius 2 is 1.96 bits per heavy atom. The fourth-order valence-electron chi connectivity index (χ4n) is 3.62. The molecule has 1 aromatic heterocycles. The van der Waals surface area contributed by atoms with E-state index in [0.717, 1.165) is 27.7 Å². The van der Waals surface area contributed by atoms with Crippen molar-refractivity contribution < 1.29 is 14.3 Å². The molecule has 138 valence electrons. The van der Waals surface area contributed by atoms with Crippen LogP contribution < -0.4 is 15.2 Å². The second-order valence-corrected chi connectivity index (χ2v) is 6.43. The van der Waals surface area contributed by atoms with Crippen LogP contribution in [0.2, 0.25) is 0 Å². The van der Waals surface area contributed by atoms with Gasteiger partial charge in [0.05, 0.1) is 43.2 Å². The van der Waals surface area contributed by atoms with Crippen LogP contribution >= 0.6 is 0 Å². The number of nitrogen functional groups attached to an aromatic ring is 1. The molecule has 0 atom stereocenters. The molecule has 3 aromatic rings. The number of aromatic nitrogens is 1. The molecule has 6 heteroatoms. The first-order valence-electron chi connectivity index (χ1n) is 8.81. The predicted octanol–water partition coefficient (Wildman–Crippen LogP) is 3.48. The second kappa shape index (κ2) is 6.46. The van der Waals surface area contributed by atoms with Crippen LogP contribution in [0.5, 0.6) is 11.5 Å². The van der Waals surface area contributed by atoms with Crippen molar-refractivity contribution in [1.29, 1.82) is 0 Å². The summed E-state index contributed by atoms with van der Waals surface area (Å²) in [5.74, 6) is 1.36. The Morgan fingerprint density at radius 3 is 2.67 bits per heavy atom. The van der Waals surface area contributed by atoms with E-state index in [9.17, 15) is 4.79 Å². The summed E-state index contributed by atoms with van der Waals surface area (Å²) in [6.45, 7) is 3.07. The van der Waals surface area contributed by atoms with E-state index in [1.807, 2.05) is 43.3 Å². The average molecular weight is 363 g/mol. The first kappa shape index (κ1) is 17.1. The fourth-order valence-corrected chi connectivity index (χ4v) is 3.62. The molecular weight excluding hydrogens is 342 g/mol.